The Balaban J connectivity index is 1.78. The second-order valence-electron chi connectivity index (χ2n) is 5.85. The monoisotopic (exact) mass is 356 g/mol. The van der Waals surface area contributed by atoms with Gasteiger partial charge in [0.1, 0.15) is 0 Å². The van der Waals surface area contributed by atoms with Crippen molar-refractivity contribution in [1.82, 2.24) is 4.90 Å². The van der Waals surface area contributed by atoms with Crippen LogP contribution in [0.15, 0.2) is 22.7 Å². The average Bonchev–Trinajstić information content (AvgIpc) is 2.83. The number of fused-ring (bicyclic) bond motifs is 1. The van der Waals surface area contributed by atoms with Crippen molar-refractivity contribution in [2.24, 2.45) is 17.6 Å². The fourth-order valence-electron chi connectivity index (χ4n) is 3.52. The molecule has 0 spiro atoms. The molecule has 1 heterocycles. The first kappa shape index (κ1) is 14.4. The number of amides is 1. The Hall–Kier alpha value is -0.580. The standard InChI is InChI=1S/C15H18BrClN2O/c16-13-6-10(17)4-5-11(13)15(20)19-7-9-2-1-3-14(18)12(9)8-19/h4-6,9,12,14H,1-3,7-8,18H2. The summed E-state index contributed by atoms with van der Waals surface area (Å²) in [6.07, 6.45) is 3.48. The van der Waals surface area contributed by atoms with Crippen LogP contribution >= 0.6 is 27.5 Å². The highest BCUT2D eigenvalue weighted by atomic mass is 79.9. The molecule has 3 rings (SSSR count). The SMILES string of the molecule is NC1CCCC2CN(C(=O)c3ccc(Cl)cc3Br)CC12. The second kappa shape index (κ2) is 5.66. The van der Waals surface area contributed by atoms with Crippen LogP contribution < -0.4 is 5.73 Å². The van der Waals surface area contributed by atoms with E-state index in [0.29, 0.717) is 22.4 Å². The van der Waals surface area contributed by atoms with Crippen molar-refractivity contribution in [3.05, 3.63) is 33.3 Å². The van der Waals surface area contributed by atoms with Crippen molar-refractivity contribution < 1.29 is 4.79 Å². The lowest BCUT2D eigenvalue weighted by atomic mass is 9.78. The number of halogens is 2. The first-order valence-corrected chi connectivity index (χ1v) is 8.23. The second-order valence-corrected chi connectivity index (χ2v) is 7.14. The molecule has 108 valence electrons. The van der Waals surface area contributed by atoms with E-state index in [0.717, 1.165) is 24.0 Å². The molecule has 1 amide bonds. The summed E-state index contributed by atoms with van der Waals surface area (Å²) >= 11 is 9.36. The normalized spacial score (nSPS) is 29.4. The van der Waals surface area contributed by atoms with Crippen molar-refractivity contribution in [3.63, 3.8) is 0 Å². The molecule has 0 radical (unpaired) electrons. The highest BCUT2D eigenvalue weighted by Crippen LogP contribution is 2.36. The molecule has 3 unspecified atom stereocenters. The number of rotatable bonds is 1. The van der Waals surface area contributed by atoms with Crippen molar-refractivity contribution >= 4 is 33.4 Å². The van der Waals surface area contributed by atoms with E-state index in [1.54, 1.807) is 18.2 Å². The predicted octanol–water partition coefficient (Wildman–Crippen LogP) is 3.30. The fraction of sp³-hybridized carbons (Fsp3) is 0.533. The van der Waals surface area contributed by atoms with Gasteiger partial charge in [-0.05, 0) is 58.8 Å². The Morgan fingerprint density at radius 2 is 2.15 bits per heavy atom. The highest BCUT2D eigenvalue weighted by molar-refractivity contribution is 9.10. The van der Waals surface area contributed by atoms with Crippen molar-refractivity contribution in [3.8, 4) is 0 Å². The molecule has 1 aromatic rings. The number of nitrogens with zero attached hydrogens (tertiary/aromatic N) is 1. The maximum Gasteiger partial charge on any atom is 0.255 e. The summed E-state index contributed by atoms with van der Waals surface area (Å²) in [7, 11) is 0. The largest absolute Gasteiger partial charge is 0.338 e. The van der Waals surface area contributed by atoms with E-state index in [1.165, 1.54) is 12.8 Å². The van der Waals surface area contributed by atoms with Crippen LogP contribution in [0.2, 0.25) is 5.02 Å². The number of hydrogen-bond donors (Lipinski definition) is 1. The number of carbonyl (C=O) groups excluding carboxylic acids is 1. The molecule has 3 atom stereocenters. The Labute approximate surface area is 132 Å². The Bertz CT molecular complexity index is 537. The van der Waals surface area contributed by atoms with Gasteiger partial charge in [0.15, 0.2) is 0 Å². The van der Waals surface area contributed by atoms with Gasteiger partial charge < -0.3 is 10.6 Å². The van der Waals surface area contributed by atoms with Gasteiger partial charge in [-0.25, -0.2) is 0 Å². The molecule has 2 aliphatic rings. The summed E-state index contributed by atoms with van der Waals surface area (Å²) in [6, 6.07) is 5.56. The number of likely N-dealkylation sites (tertiary alicyclic amines) is 1. The predicted molar refractivity (Wildman–Crippen MR) is 83.9 cm³/mol. The third-order valence-corrected chi connectivity index (χ3v) is 5.49. The van der Waals surface area contributed by atoms with E-state index in [-0.39, 0.29) is 11.9 Å². The molecule has 1 aliphatic heterocycles. The zero-order valence-electron chi connectivity index (χ0n) is 11.2. The fourth-order valence-corrected chi connectivity index (χ4v) is 4.37. The Kier molecular flexibility index (Phi) is 4.07. The quantitative estimate of drug-likeness (QED) is 0.838. The molecular weight excluding hydrogens is 340 g/mol. The third-order valence-electron chi connectivity index (χ3n) is 4.60. The number of benzene rings is 1. The van der Waals surface area contributed by atoms with Gasteiger partial charge in [0, 0.05) is 28.6 Å². The molecule has 2 N–H and O–H groups in total. The topological polar surface area (TPSA) is 46.3 Å². The molecule has 1 aliphatic carbocycles. The zero-order valence-corrected chi connectivity index (χ0v) is 13.5. The lowest BCUT2D eigenvalue weighted by Gasteiger charge is -2.29. The minimum Gasteiger partial charge on any atom is -0.338 e. The minimum absolute atomic E-state index is 0.0788. The van der Waals surface area contributed by atoms with E-state index in [2.05, 4.69) is 15.9 Å². The van der Waals surface area contributed by atoms with E-state index >= 15 is 0 Å². The molecule has 0 bridgehead atoms. The molecule has 1 saturated carbocycles. The van der Waals surface area contributed by atoms with Crippen LogP contribution in [0.3, 0.4) is 0 Å². The molecule has 1 saturated heterocycles. The van der Waals surface area contributed by atoms with E-state index in [1.807, 2.05) is 4.90 Å². The summed E-state index contributed by atoms with van der Waals surface area (Å²) in [6.45, 7) is 1.63. The summed E-state index contributed by atoms with van der Waals surface area (Å²) < 4.78 is 0.758. The van der Waals surface area contributed by atoms with Crippen LogP contribution in [0.4, 0.5) is 0 Å². The van der Waals surface area contributed by atoms with Crippen LogP contribution in [0.1, 0.15) is 29.6 Å². The first-order chi connectivity index (χ1) is 9.56. The molecule has 2 fully saturated rings. The van der Waals surface area contributed by atoms with Crippen molar-refractivity contribution in [2.45, 2.75) is 25.3 Å². The van der Waals surface area contributed by atoms with Gasteiger partial charge in [0.05, 0.1) is 5.56 Å². The van der Waals surface area contributed by atoms with E-state index in [4.69, 9.17) is 17.3 Å². The van der Waals surface area contributed by atoms with Crippen molar-refractivity contribution in [1.29, 1.82) is 0 Å². The van der Waals surface area contributed by atoms with Gasteiger partial charge in [-0.1, -0.05) is 18.0 Å². The smallest absolute Gasteiger partial charge is 0.255 e. The van der Waals surface area contributed by atoms with Crippen LogP contribution in [0.25, 0.3) is 0 Å². The number of carbonyl (C=O) groups is 1. The van der Waals surface area contributed by atoms with Gasteiger partial charge in [0.25, 0.3) is 5.91 Å². The lowest BCUT2D eigenvalue weighted by molar-refractivity contribution is 0.0782. The summed E-state index contributed by atoms with van der Waals surface area (Å²) in [4.78, 5) is 14.6. The maximum absolute atomic E-state index is 12.6. The molecule has 5 heteroatoms. The van der Waals surface area contributed by atoms with Gasteiger partial charge in [0.2, 0.25) is 0 Å². The van der Waals surface area contributed by atoms with Gasteiger partial charge in [-0.15, -0.1) is 0 Å². The number of hydrogen-bond acceptors (Lipinski definition) is 2. The van der Waals surface area contributed by atoms with Gasteiger partial charge in [-0.2, -0.15) is 0 Å². The van der Waals surface area contributed by atoms with E-state index < -0.39 is 0 Å². The third kappa shape index (κ3) is 2.61. The van der Waals surface area contributed by atoms with Crippen LogP contribution in [-0.4, -0.2) is 29.9 Å². The first-order valence-electron chi connectivity index (χ1n) is 7.06. The lowest BCUT2D eigenvalue weighted by Crippen LogP contribution is -2.38. The highest BCUT2D eigenvalue weighted by Gasteiger charge is 2.40. The van der Waals surface area contributed by atoms with Crippen LogP contribution in [0.5, 0.6) is 0 Å². The molecule has 0 aromatic heterocycles. The Morgan fingerprint density at radius 1 is 1.35 bits per heavy atom. The average molecular weight is 358 g/mol. The van der Waals surface area contributed by atoms with Crippen LogP contribution in [-0.2, 0) is 0 Å². The summed E-state index contributed by atoms with van der Waals surface area (Å²) in [5.41, 5.74) is 6.89. The van der Waals surface area contributed by atoms with Gasteiger partial charge >= 0.3 is 0 Å². The minimum atomic E-state index is 0.0788. The number of nitrogens with two attached hydrogens (primary N) is 1. The Morgan fingerprint density at radius 3 is 2.85 bits per heavy atom. The van der Waals surface area contributed by atoms with Gasteiger partial charge in [-0.3, -0.25) is 4.79 Å². The summed E-state index contributed by atoms with van der Waals surface area (Å²) in [5.74, 6) is 1.13. The van der Waals surface area contributed by atoms with Crippen LogP contribution in [0, 0.1) is 11.8 Å². The maximum atomic E-state index is 12.6. The zero-order chi connectivity index (χ0) is 14.3. The van der Waals surface area contributed by atoms with Crippen molar-refractivity contribution in [2.75, 3.05) is 13.1 Å². The summed E-state index contributed by atoms with van der Waals surface area (Å²) in [5, 5.41) is 0.630. The molecule has 1 aromatic carbocycles. The molecule has 3 nitrogen and oxygen atoms in total. The molecule has 20 heavy (non-hydrogen) atoms. The van der Waals surface area contributed by atoms with E-state index in [9.17, 15) is 4.79 Å². The molecular formula is C15H18BrClN2O.